The number of pyridine rings is 1. The highest BCUT2D eigenvalue weighted by Gasteiger charge is 2.28. The molecule has 0 amide bonds. The van der Waals surface area contributed by atoms with Gasteiger partial charge in [-0.05, 0) is 6.07 Å². The summed E-state index contributed by atoms with van der Waals surface area (Å²) < 4.78 is 1.23. The van der Waals surface area contributed by atoms with E-state index in [0.29, 0.717) is 10.9 Å². The average molecular weight is 307 g/mol. The fourth-order valence-corrected chi connectivity index (χ4v) is 2.52. The molecular formula is C14H17N3O5. The molecule has 22 heavy (non-hydrogen) atoms. The van der Waals surface area contributed by atoms with Gasteiger partial charge in [0, 0.05) is 25.5 Å². The Morgan fingerprint density at radius 3 is 2.36 bits per heavy atom. The molecule has 0 atom stereocenters. The maximum Gasteiger partial charge on any atom is 0.357 e. The molecule has 0 radical (unpaired) electrons. The van der Waals surface area contributed by atoms with Crippen LogP contribution in [-0.2, 0) is 7.05 Å². The summed E-state index contributed by atoms with van der Waals surface area (Å²) in [6.07, 6.45) is 0. The van der Waals surface area contributed by atoms with Crippen LogP contribution in [0.5, 0.6) is 0 Å². The van der Waals surface area contributed by atoms with E-state index in [-0.39, 0.29) is 32.0 Å². The molecular weight excluding hydrogens is 290 g/mol. The molecule has 0 bridgehead atoms. The first-order chi connectivity index (χ1) is 10.5. The number of fused-ring (bicyclic) bond motifs is 1. The smallest absolute Gasteiger partial charge is 0.357 e. The van der Waals surface area contributed by atoms with E-state index in [1.54, 1.807) is 24.3 Å². The van der Waals surface area contributed by atoms with Crippen LogP contribution in [0.1, 0.15) is 0 Å². The number of nitrogens with zero attached hydrogens (tertiary/aromatic N) is 3. The molecule has 8 heteroatoms. The molecule has 0 saturated carbocycles. The number of hydrogen-bond donors (Lipinski definition) is 2. The second-order valence-corrected chi connectivity index (χ2v) is 4.77. The number of aliphatic hydroxyl groups is 2. The summed E-state index contributed by atoms with van der Waals surface area (Å²) in [5, 5.41) is 30.3. The Kier molecular flexibility index (Phi) is 4.74. The lowest BCUT2D eigenvalue weighted by Gasteiger charge is -2.24. The molecule has 0 aliphatic carbocycles. The van der Waals surface area contributed by atoms with Gasteiger partial charge in [-0.2, -0.15) is 0 Å². The molecule has 1 heterocycles. The summed E-state index contributed by atoms with van der Waals surface area (Å²) in [7, 11) is 1.48. The lowest BCUT2D eigenvalue weighted by atomic mass is 10.1. The molecule has 2 rings (SSSR count). The Balaban J connectivity index is 2.89. The molecule has 1 aromatic carbocycles. The monoisotopic (exact) mass is 307 g/mol. The summed E-state index contributed by atoms with van der Waals surface area (Å²) in [6.45, 7) is -0.335. The molecule has 8 nitrogen and oxygen atoms in total. The maximum atomic E-state index is 12.3. The molecule has 2 N–H and O–H groups in total. The van der Waals surface area contributed by atoms with E-state index in [1.165, 1.54) is 16.5 Å². The van der Waals surface area contributed by atoms with Crippen LogP contribution in [0.3, 0.4) is 0 Å². The molecule has 0 aliphatic heterocycles. The summed E-state index contributed by atoms with van der Waals surface area (Å²) >= 11 is 0. The van der Waals surface area contributed by atoms with Crippen LogP contribution in [0.25, 0.3) is 10.9 Å². The van der Waals surface area contributed by atoms with Crippen LogP contribution < -0.4 is 10.5 Å². The SMILES string of the molecule is Cn1c(=O)c([N+](=O)[O-])c(N(CCO)CCO)c2ccccc21. The summed E-state index contributed by atoms with van der Waals surface area (Å²) in [6, 6.07) is 6.83. The first-order valence-corrected chi connectivity index (χ1v) is 6.75. The van der Waals surface area contributed by atoms with E-state index in [2.05, 4.69) is 0 Å². The molecule has 2 aromatic rings. The summed E-state index contributed by atoms with van der Waals surface area (Å²) in [5.41, 5.74) is -0.594. The van der Waals surface area contributed by atoms with Gasteiger partial charge in [-0.3, -0.25) is 14.9 Å². The number of rotatable bonds is 6. The van der Waals surface area contributed by atoms with Crippen LogP contribution in [0.2, 0.25) is 0 Å². The van der Waals surface area contributed by atoms with Gasteiger partial charge in [-0.1, -0.05) is 18.2 Å². The minimum atomic E-state index is -0.723. The average Bonchev–Trinajstić information content (AvgIpc) is 2.50. The van der Waals surface area contributed by atoms with Crippen molar-refractivity contribution in [3.8, 4) is 0 Å². The summed E-state index contributed by atoms with van der Waals surface area (Å²) in [4.78, 5) is 24.5. The summed E-state index contributed by atoms with van der Waals surface area (Å²) in [5.74, 6) is 0. The largest absolute Gasteiger partial charge is 0.395 e. The second kappa shape index (κ2) is 6.54. The van der Waals surface area contributed by atoms with Crippen molar-refractivity contribution in [3.63, 3.8) is 0 Å². The molecule has 118 valence electrons. The zero-order valence-electron chi connectivity index (χ0n) is 12.1. The van der Waals surface area contributed by atoms with Crippen molar-refractivity contribution < 1.29 is 15.1 Å². The van der Waals surface area contributed by atoms with Gasteiger partial charge in [0.15, 0.2) is 0 Å². The van der Waals surface area contributed by atoms with Gasteiger partial charge >= 0.3 is 11.2 Å². The van der Waals surface area contributed by atoms with Crippen molar-refractivity contribution in [1.82, 2.24) is 4.57 Å². The Labute approximate surface area is 126 Å². The van der Waals surface area contributed by atoms with Crippen LogP contribution >= 0.6 is 0 Å². The van der Waals surface area contributed by atoms with Gasteiger partial charge in [0.1, 0.15) is 5.69 Å². The van der Waals surface area contributed by atoms with Gasteiger partial charge in [-0.15, -0.1) is 0 Å². The van der Waals surface area contributed by atoms with E-state index in [0.717, 1.165) is 0 Å². The number of para-hydroxylation sites is 1. The normalized spacial score (nSPS) is 10.9. The molecule has 0 saturated heterocycles. The van der Waals surface area contributed by atoms with Gasteiger partial charge in [0.2, 0.25) is 0 Å². The van der Waals surface area contributed by atoms with E-state index >= 15 is 0 Å². The molecule has 1 aromatic heterocycles. The fraction of sp³-hybridized carbons (Fsp3) is 0.357. The van der Waals surface area contributed by atoms with Crippen LogP contribution in [0.15, 0.2) is 29.1 Å². The predicted octanol–water partition coefficient (Wildman–Crippen LogP) is 0.238. The first kappa shape index (κ1) is 15.9. The highest BCUT2D eigenvalue weighted by molar-refractivity contribution is 5.96. The fourth-order valence-electron chi connectivity index (χ4n) is 2.52. The van der Waals surface area contributed by atoms with Crippen molar-refractivity contribution in [1.29, 1.82) is 0 Å². The number of benzene rings is 1. The zero-order valence-corrected chi connectivity index (χ0v) is 12.1. The number of aliphatic hydroxyl groups excluding tert-OH is 2. The second-order valence-electron chi connectivity index (χ2n) is 4.77. The Morgan fingerprint density at radius 2 is 1.82 bits per heavy atom. The number of aromatic nitrogens is 1. The van der Waals surface area contributed by atoms with Gasteiger partial charge in [-0.25, -0.2) is 0 Å². The third-order valence-corrected chi connectivity index (χ3v) is 3.49. The van der Waals surface area contributed by atoms with E-state index in [9.17, 15) is 25.1 Å². The lowest BCUT2D eigenvalue weighted by molar-refractivity contribution is -0.385. The first-order valence-electron chi connectivity index (χ1n) is 6.75. The lowest BCUT2D eigenvalue weighted by Crippen LogP contribution is -2.33. The highest BCUT2D eigenvalue weighted by atomic mass is 16.6. The third-order valence-electron chi connectivity index (χ3n) is 3.49. The van der Waals surface area contributed by atoms with Gasteiger partial charge in [0.05, 0.1) is 23.7 Å². The number of hydrogen-bond acceptors (Lipinski definition) is 6. The number of aryl methyl sites for hydroxylation is 1. The standard InChI is InChI=1S/C14H17N3O5/c1-15-11-5-3-2-4-10(11)12(13(14(15)20)17(21)22)16(6-8-18)7-9-19/h2-5,18-19H,6-9H2,1H3. The quantitative estimate of drug-likeness (QED) is 0.584. The van der Waals surface area contributed by atoms with Crippen molar-refractivity contribution in [2.45, 2.75) is 0 Å². The van der Waals surface area contributed by atoms with Gasteiger partial charge < -0.3 is 19.7 Å². The minimum absolute atomic E-state index is 0.0819. The Bertz CT molecular complexity index is 750. The van der Waals surface area contributed by atoms with Crippen molar-refractivity contribution in [3.05, 3.63) is 44.7 Å². The van der Waals surface area contributed by atoms with Crippen LogP contribution in [0.4, 0.5) is 11.4 Å². The van der Waals surface area contributed by atoms with E-state index < -0.39 is 16.2 Å². The van der Waals surface area contributed by atoms with E-state index in [1.807, 2.05) is 0 Å². The Morgan fingerprint density at radius 1 is 1.23 bits per heavy atom. The third kappa shape index (κ3) is 2.66. The molecule has 0 spiro atoms. The maximum absolute atomic E-state index is 12.3. The minimum Gasteiger partial charge on any atom is -0.395 e. The van der Waals surface area contributed by atoms with Crippen LogP contribution in [0, 0.1) is 10.1 Å². The zero-order chi connectivity index (χ0) is 16.3. The number of nitro groups is 1. The van der Waals surface area contributed by atoms with Crippen molar-refractivity contribution in [2.75, 3.05) is 31.2 Å². The van der Waals surface area contributed by atoms with Crippen molar-refractivity contribution in [2.24, 2.45) is 7.05 Å². The molecule has 0 unspecified atom stereocenters. The topological polar surface area (TPSA) is 109 Å². The predicted molar refractivity (Wildman–Crippen MR) is 82.2 cm³/mol. The molecule has 0 fully saturated rings. The van der Waals surface area contributed by atoms with Crippen molar-refractivity contribution >= 4 is 22.3 Å². The van der Waals surface area contributed by atoms with Crippen LogP contribution in [-0.4, -0.2) is 46.0 Å². The van der Waals surface area contributed by atoms with E-state index in [4.69, 9.17) is 0 Å². The number of anilines is 1. The Hall–Kier alpha value is -2.45. The van der Waals surface area contributed by atoms with Gasteiger partial charge in [0.25, 0.3) is 0 Å². The molecule has 0 aliphatic rings. The highest BCUT2D eigenvalue weighted by Crippen LogP contribution is 2.32.